The summed E-state index contributed by atoms with van der Waals surface area (Å²) in [4.78, 5) is 25.4. The van der Waals surface area contributed by atoms with Gasteiger partial charge in [-0.25, -0.2) is 10.2 Å². The van der Waals surface area contributed by atoms with Crippen LogP contribution < -0.4 is 14.9 Å². The van der Waals surface area contributed by atoms with Crippen LogP contribution in [0.5, 0.6) is 11.5 Å². The zero-order valence-electron chi connectivity index (χ0n) is 17.8. The van der Waals surface area contributed by atoms with Crippen LogP contribution in [0, 0.1) is 0 Å². The van der Waals surface area contributed by atoms with Crippen LogP contribution in [0.3, 0.4) is 0 Å². The lowest BCUT2D eigenvalue weighted by Gasteiger charge is -2.13. The molecule has 1 amide bonds. The molecule has 0 unspecified atom stereocenters. The molecule has 1 N–H and O–H groups in total. The number of nitrogens with zero attached hydrogens (tertiary/aromatic N) is 1. The maximum Gasteiger partial charge on any atom is 0.355 e. The van der Waals surface area contributed by atoms with E-state index < -0.39 is 18.0 Å². The maximum atomic E-state index is 12.8. The lowest BCUT2D eigenvalue weighted by molar-refractivity contribution is -0.127. The first-order valence-electron chi connectivity index (χ1n) is 10.2. The first-order valence-corrected chi connectivity index (χ1v) is 12.1. The fourth-order valence-electron chi connectivity index (χ4n) is 3.00. The number of carbonyl (C=O) groups excluding carboxylic acids is 2. The van der Waals surface area contributed by atoms with E-state index >= 15 is 0 Å². The zero-order chi connectivity index (χ0) is 24.1. The van der Waals surface area contributed by atoms with E-state index in [1.54, 1.807) is 43.3 Å². The summed E-state index contributed by atoms with van der Waals surface area (Å²) in [7, 11) is 0. The average molecular weight is 558 g/mol. The molecule has 0 fully saturated rings. The molecule has 3 aromatic carbocycles. The number of hydrazone groups is 1. The lowest BCUT2D eigenvalue weighted by atomic mass is 10.2. The summed E-state index contributed by atoms with van der Waals surface area (Å²) < 4.78 is 13.0. The Labute approximate surface area is 213 Å². The fraction of sp³-hybridized carbons (Fsp3) is 0.0800. The van der Waals surface area contributed by atoms with Gasteiger partial charge in [0.2, 0.25) is 0 Å². The second kappa shape index (κ2) is 10.8. The predicted molar refractivity (Wildman–Crippen MR) is 138 cm³/mol. The minimum absolute atomic E-state index is 0.290. The molecular weight excluding hydrogens is 540 g/mol. The van der Waals surface area contributed by atoms with E-state index in [-0.39, 0.29) is 5.75 Å². The van der Waals surface area contributed by atoms with Gasteiger partial charge in [-0.15, -0.1) is 11.3 Å². The highest BCUT2D eigenvalue weighted by molar-refractivity contribution is 9.10. The third-order valence-corrected chi connectivity index (χ3v) is 6.90. The van der Waals surface area contributed by atoms with Gasteiger partial charge in [-0.05, 0) is 49.4 Å². The van der Waals surface area contributed by atoms with E-state index in [1.807, 2.05) is 36.4 Å². The third kappa shape index (κ3) is 5.64. The first kappa shape index (κ1) is 23.9. The van der Waals surface area contributed by atoms with Gasteiger partial charge < -0.3 is 9.47 Å². The number of halogens is 2. The average Bonchev–Trinajstić information content (AvgIpc) is 3.18. The number of esters is 1. The molecule has 0 aliphatic carbocycles. The second-order valence-electron chi connectivity index (χ2n) is 7.12. The Morgan fingerprint density at radius 1 is 1.06 bits per heavy atom. The van der Waals surface area contributed by atoms with Gasteiger partial charge in [0.15, 0.2) is 6.10 Å². The number of ether oxygens (including phenoxy) is 2. The topological polar surface area (TPSA) is 77.0 Å². The molecule has 9 heteroatoms. The smallest absolute Gasteiger partial charge is 0.355 e. The van der Waals surface area contributed by atoms with Crippen LogP contribution in [0.2, 0.25) is 5.02 Å². The van der Waals surface area contributed by atoms with Crippen LogP contribution in [0.4, 0.5) is 0 Å². The Morgan fingerprint density at radius 2 is 1.76 bits per heavy atom. The molecule has 34 heavy (non-hydrogen) atoms. The summed E-state index contributed by atoms with van der Waals surface area (Å²) in [5.41, 5.74) is 2.95. The SMILES string of the molecule is C[C@@H](Oc1ccc(Br)cc1)C(=O)N/N=C\c1ccccc1OC(=O)c1sc2ccccc2c1Cl. The molecule has 1 heterocycles. The van der Waals surface area contributed by atoms with Crippen molar-refractivity contribution >= 4 is 67.0 Å². The van der Waals surface area contributed by atoms with Gasteiger partial charge in [0.1, 0.15) is 16.4 Å². The summed E-state index contributed by atoms with van der Waals surface area (Å²) in [6.45, 7) is 1.62. The van der Waals surface area contributed by atoms with E-state index in [9.17, 15) is 9.59 Å². The van der Waals surface area contributed by atoms with Crippen molar-refractivity contribution in [3.63, 3.8) is 0 Å². The largest absolute Gasteiger partial charge is 0.481 e. The van der Waals surface area contributed by atoms with Crippen LogP contribution in [-0.2, 0) is 4.79 Å². The number of nitrogens with one attached hydrogen (secondary N) is 1. The van der Waals surface area contributed by atoms with Crippen LogP contribution >= 0.6 is 38.9 Å². The number of carbonyl (C=O) groups is 2. The molecule has 0 aliphatic rings. The van der Waals surface area contributed by atoms with Crippen LogP contribution in [0.15, 0.2) is 82.4 Å². The van der Waals surface area contributed by atoms with Crippen LogP contribution in [-0.4, -0.2) is 24.2 Å². The molecule has 4 rings (SSSR count). The number of para-hydroxylation sites is 1. The third-order valence-electron chi connectivity index (χ3n) is 4.72. The van der Waals surface area contributed by atoms with Gasteiger partial charge in [-0.2, -0.15) is 5.10 Å². The van der Waals surface area contributed by atoms with Crippen molar-refractivity contribution < 1.29 is 19.1 Å². The summed E-state index contributed by atoms with van der Waals surface area (Å²) in [6, 6.07) is 21.5. The standard InChI is InChI=1S/C25H18BrClN2O4S/c1-15(32-18-12-10-17(26)11-13-18)24(30)29-28-14-16-6-2-4-8-20(16)33-25(31)23-22(27)19-7-3-5-9-21(19)34-23/h2-15H,1H3,(H,29,30)/b28-14-/t15-/m1/s1. The van der Waals surface area contributed by atoms with Gasteiger partial charge in [-0.1, -0.05) is 57.9 Å². The first-order chi connectivity index (χ1) is 16.4. The predicted octanol–water partition coefficient (Wildman–Crippen LogP) is 6.45. The zero-order valence-corrected chi connectivity index (χ0v) is 21.0. The molecule has 0 bridgehead atoms. The number of rotatable bonds is 7. The number of hydrogen-bond acceptors (Lipinski definition) is 6. The van der Waals surface area contributed by atoms with Crippen molar-refractivity contribution in [1.29, 1.82) is 0 Å². The Kier molecular flexibility index (Phi) is 7.62. The van der Waals surface area contributed by atoms with E-state index in [2.05, 4.69) is 26.5 Å². The quantitative estimate of drug-likeness (QED) is 0.123. The highest BCUT2D eigenvalue weighted by atomic mass is 79.9. The molecule has 1 aromatic heterocycles. The minimum atomic E-state index is -0.763. The Morgan fingerprint density at radius 3 is 2.53 bits per heavy atom. The van der Waals surface area contributed by atoms with Crippen molar-refractivity contribution in [3.8, 4) is 11.5 Å². The highest BCUT2D eigenvalue weighted by Crippen LogP contribution is 2.36. The van der Waals surface area contributed by atoms with E-state index in [4.69, 9.17) is 21.1 Å². The van der Waals surface area contributed by atoms with Gasteiger partial charge in [0.05, 0.1) is 11.2 Å². The minimum Gasteiger partial charge on any atom is -0.481 e. The van der Waals surface area contributed by atoms with Crippen LogP contribution in [0.1, 0.15) is 22.2 Å². The summed E-state index contributed by atoms with van der Waals surface area (Å²) in [5, 5.41) is 5.15. The molecule has 0 saturated heterocycles. The summed E-state index contributed by atoms with van der Waals surface area (Å²) >= 11 is 11.0. The summed E-state index contributed by atoms with van der Waals surface area (Å²) in [6.07, 6.45) is 0.640. The lowest BCUT2D eigenvalue weighted by Crippen LogP contribution is -2.33. The molecular formula is C25H18BrClN2O4S. The molecule has 0 radical (unpaired) electrons. The maximum absolute atomic E-state index is 12.8. The Hall–Kier alpha value is -3.20. The number of amides is 1. The van der Waals surface area contributed by atoms with Crippen molar-refractivity contribution in [3.05, 3.63) is 92.7 Å². The van der Waals surface area contributed by atoms with Crippen molar-refractivity contribution in [2.75, 3.05) is 0 Å². The van der Waals surface area contributed by atoms with E-state index in [1.165, 1.54) is 17.6 Å². The number of hydrogen-bond donors (Lipinski definition) is 1. The van der Waals surface area contributed by atoms with E-state index in [0.29, 0.717) is 21.2 Å². The summed E-state index contributed by atoms with van der Waals surface area (Å²) in [5.74, 6) is -0.136. The van der Waals surface area contributed by atoms with Gasteiger partial charge >= 0.3 is 5.97 Å². The van der Waals surface area contributed by atoms with Crippen molar-refractivity contribution in [1.82, 2.24) is 5.43 Å². The van der Waals surface area contributed by atoms with Gasteiger partial charge in [0.25, 0.3) is 5.91 Å². The van der Waals surface area contributed by atoms with Crippen molar-refractivity contribution in [2.45, 2.75) is 13.0 Å². The second-order valence-corrected chi connectivity index (χ2v) is 9.46. The van der Waals surface area contributed by atoms with Gasteiger partial charge in [-0.3, -0.25) is 4.79 Å². The fourth-order valence-corrected chi connectivity index (χ4v) is 4.65. The van der Waals surface area contributed by atoms with Crippen molar-refractivity contribution in [2.24, 2.45) is 5.10 Å². The molecule has 0 saturated carbocycles. The van der Waals surface area contributed by atoms with Gasteiger partial charge in [0, 0.05) is 20.1 Å². The number of fused-ring (bicyclic) bond motifs is 1. The van der Waals surface area contributed by atoms with E-state index in [0.717, 1.165) is 14.6 Å². The number of thiophene rings is 1. The Balaban J connectivity index is 1.41. The Bertz CT molecular complexity index is 1370. The molecule has 172 valence electrons. The molecule has 6 nitrogen and oxygen atoms in total. The molecule has 4 aromatic rings. The monoisotopic (exact) mass is 556 g/mol. The molecule has 0 aliphatic heterocycles. The molecule has 0 spiro atoms. The highest BCUT2D eigenvalue weighted by Gasteiger charge is 2.20. The normalized spacial score (nSPS) is 12.0. The number of benzene rings is 3. The van der Waals surface area contributed by atoms with Crippen LogP contribution in [0.25, 0.3) is 10.1 Å². The molecule has 1 atom stereocenters.